The monoisotopic (exact) mass is 169 g/mol. The summed E-state index contributed by atoms with van der Waals surface area (Å²) < 4.78 is 13.4. The van der Waals surface area contributed by atoms with E-state index in [1.807, 2.05) is 0 Å². The van der Waals surface area contributed by atoms with Crippen LogP contribution in [0.15, 0.2) is 12.5 Å². The molecule has 0 atom stereocenters. The van der Waals surface area contributed by atoms with Crippen LogP contribution in [0, 0.1) is 0 Å². The summed E-state index contributed by atoms with van der Waals surface area (Å²) in [5.74, 6) is 0. The Bertz CT molecular complexity index is 267. The van der Waals surface area contributed by atoms with Crippen LogP contribution in [0.25, 0.3) is 0 Å². The first-order valence-electron chi connectivity index (χ1n) is 3.73. The topological polar surface area (TPSA) is 37.8 Å². The molecule has 0 radical (unpaired) electrons. The molecule has 0 bridgehead atoms. The summed E-state index contributed by atoms with van der Waals surface area (Å²) in [5, 5.41) is 2.84. The summed E-state index contributed by atoms with van der Waals surface area (Å²) in [4.78, 5) is 7.66. The van der Waals surface area contributed by atoms with E-state index in [0.717, 1.165) is 0 Å². The van der Waals surface area contributed by atoms with Gasteiger partial charge in [0.15, 0.2) is 0 Å². The molecule has 1 N–H and O–H groups in total. The number of halogens is 1. The number of alkyl halides is 1. The second kappa shape index (κ2) is 3.05. The van der Waals surface area contributed by atoms with Gasteiger partial charge in [-0.05, 0) is 13.8 Å². The second-order valence-corrected chi connectivity index (χ2v) is 3.01. The van der Waals surface area contributed by atoms with E-state index in [9.17, 15) is 4.39 Å². The highest BCUT2D eigenvalue weighted by molar-refractivity contribution is 5.47. The fourth-order valence-electron chi connectivity index (χ4n) is 0.986. The first-order valence-corrected chi connectivity index (χ1v) is 3.73. The molecule has 3 nitrogen and oxygen atoms in total. The fraction of sp³-hybridized carbons (Fsp3) is 0.500. The van der Waals surface area contributed by atoms with Crippen molar-refractivity contribution < 1.29 is 4.39 Å². The van der Waals surface area contributed by atoms with Crippen LogP contribution in [0.3, 0.4) is 0 Å². The van der Waals surface area contributed by atoms with Gasteiger partial charge in [0.2, 0.25) is 0 Å². The Labute approximate surface area is 71.0 Å². The van der Waals surface area contributed by atoms with E-state index in [4.69, 9.17) is 0 Å². The average molecular weight is 169 g/mol. The fourth-order valence-corrected chi connectivity index (χ4v) is 0.986. The lowest BCUT2D eigenvalue weighted by molar-refractivity contribution is 0.215. The quantitative estimate of drug-likeness (QED) is 0.732. The van der Waals surface area contributed by atoms with Crippen LogP contribution in [0.1, 0.15) is 19.5 Å². The lowest BCUT2D eigenvalue weighted by Gasteiger charge is -2.16. The molecule has 1 aromatic heterocycles. The Morgan fingerprint density at radius 3 is 2.58 bits per heavy atom. The maximum atomic E-state index is 13.4. The molecule has 1 heterocycles. The van der Waals surface area contributed by atoms with E-state index in [1.54, 1.807) is 13.2 Å². The number of aromatic nitrogens is 2. The van der Waals surface area contributed by atoms with Gasteiger partial charge in [-0.1, -0.05) is 0 Å². The van der Waals surface area contributed by atoms with Crippen LogP contribution in [0.2, 0.25) is 0 Å². The van der Waals surface area contributed by atoms with E-state index in [-0.39, 0.29) is 0 Å². The first-order chi connectivity index (χ1) is 5.55. The van der Waals surface area contributed by atoms with E-state index in [1.165, 1.54) is 20.2 Å². The van der Waals surface area contributed by atoms with Crippen molar-refractivity contribution in [2.24, 2.45) is 0 Å². The summed E-state index contributed by atoms with van der Waals surface area (Å²) in [6.45, 7) is 2.94. The van der Waals surface area contributed by atoms with Gasteiger partial charge in [0.1, 0.15) is 17.7 Å². The second-order valence-electron chi connectivity index (χ2n) is 3.01. The van der Waals surface area contributed by atoms with Crippen LogP contribution in [0.4, 0.5) is 10.1 Å². The summed E-state index contributed by atoms with van der Waals surface area (Å²) in [7, 11) is 1.72. The molecule has 66 valence electrons. The van der Waals surface area contributed by atoms with Gasteiger partial charge in [-0.15, -0.1) is 0 Å². The third-order valence-electron chi connectivity index (χ3n) is 1.54. The first kappa shape index (κ1) is 8.90. The highest BCUT2D eigenvalue weighted by Gasteiger charge is 2.23. The standard InChI is InChI=1S/C8H12FN3/c1-8(2,9)7-6(10-3)4-11-5-12-7/h4-5,10H,1-3H3. The van der Waals surface area contributed by atoms with E-state index in [0.29, 0.717) is 11.4 Å². The normalized spacial score (nSPS) is 11.3. The van der Waals surface area contributed by atoms with Gasteiger partial charge in [0, 0.05) is 7.05 Å². The molecular formula is C8H12FN3. The van der Waals surface area contributed by atoms with Crippen molar-refractivity contribution in [3.8, 4) is 0 Å². The molecule has 1 aromatic rings. The third kappa shape index (κ3) is 1.69. The number of rotatable bonds is 2. The Morgan fingerprint density at radius 2 is 2.17 bits per heavy atom. The lowest BCUT2D eigenvalue weighted by Crippen LogP contribution is -2.14. The highest BCUT2D eigenvalue weighted by atomic mass is 19.1. The number of hydrogen-bond acceptors (Lipinski definition) is 3. The molecule has 4 heteroatoms. The molecule has 0 aliphatic heterocycles. The summed E-state index contributed by atoms with van der Waals surface area (Å²) in [6.07, 6.45) is 2.90. The van der Waals surface area contributed by atoms with Crippen LogP contribution < -0.4 is 5.32 Å². The summed E-state index contributed by atoms with van der Waals surface area (Å²) in [5.41, 5.74) is -0.411. The van der Waals surface area contributed by atoms with Gasteiger partial charge < -0.3 is 5.32 Å². The lowest BCUT2D eigenvalue weighted by atomic mass is 10.1. The van der Waals surface area contributed by atoms with Crippen molar-refractivity contribution in [3.05, 3.63) is 18.2 Å². The van der Waals surface area contributed by atoms with Gasteiger partial charge in [-0.3, -0.25) is 0 Å². The Balaban J connectivity index is 3.14. The molecule has 0 spiro atoms. The largest absolute Gasteiger partial charge is 0.385 e. The molecule has 0 fully saturated rings. The number of hydrogen-bond donors (Lipinski definition) is 1. The van der Waals surface area contributed by atoms with Crippen molar-refractivity contribution in [1.82, 2.24) is 9.97 Å². The summed E-state index contributed by atoms with van der Waals surface area (Å²) >= 11 is 0. The molecule has 0 aliphatic carbocycles. The Hall–Kier alpha value is -1.19. The van der Waals surface area contributed by atoms with Gasteiger partial charge in [0.25, 0.3) is 0 Å². The molecule has 0 unspecified atom stereocenters. The van der Waals surface area contributed by atoms with Crippen molar-refractivity contribution in [1.29, 1.82) is 0 Å². The Morgan fingerprint density at radius 1 is 1.50 bits per heavy atom. The van der Waals surface area contributed by atoms with E-state index in [2.05, 4.69) is 15.3 Å². The number of nitrogens with zero attached hydrogens (tertiary/aromatic N) is 2. The predicted molar refractivity (Wildman–Crippen MR) is 45.7 cm³/mol. The average Bonchev–Trinajstić information content (AvgIpc) is 2.03. The van der Waals surface area contributed by atoms with Crippen molar-refractivity contribution >= 4 is 5.69 Å². The number of anilines is 1. The highest BCUT2D eigenvalue weighted by Crippen LogP contribution is 2.27. The summed E-state index contributed by atoms with van der Waals surface area (Å²) in [6, 6.07) is 0. The third-order valence-corrected chi connectivity index (χ3v) is 1.54. The van der Waals surface area contributed by atoms with Gasteiger partial charge in [-0.2, -0.15) is 0 Å². The van der Waals surface area contributed by atoms with Crippen LogP contribution >= 0.6 is 0 Å². The van der Waals surface area contributed by atoms with E-state index < -0.39 is 5.67 Å². The predicted octanol–water partition coefficient (Wildman–Crippen LogP) is 1.72. The minimum Gasteiger partial charge on any atom is -0.385 e. The van der Waals surface area contributed by atoms with Gasteiger partial charge >= 0.3 is 0 Å². The molecule has 12 heavy (non-hydrogen) atoms. The maximum Gasteiger partial charge on any atom is 0.149 e. The van der Waals surface area contributed by atoms with E-state index >= 15 is 0 Å². The Kier molecular flexibility index (Phi) is 2.26. The zero-order valence-corrected chi connectivity index (χ0v) is 7.43. The molecule has 0 aliphatic rings. The van der Waals surface area contributed by atoms with Gasteiger partial charge in [0.05, 0.1) is 11.9 Å². The molecule has 0 saturated carbocycles. The zero-order valence-electron chi connectivity index (χ0n) is 7.43. The molecule has 1 rings (SSSR count). The smallest absolute Gasteiger partial charge is 0.149 e. The van der Waals surface area contributed by atoms with Gasteiger partial charge in [-0.25, -0.2) is 14.4 Å². The molecular weight excluding hydrogens is 157 g/mol. The van der Waals surface area contributed by atoms with Crippen LogP contribution in [-0.2, 0) is 5.67 Å². The van der Waals surface area contributed by atoms with Crippen molar-refractivity contribution in [2.45, 2.75) is 19.5 Å². The minimum absolute atomic E-state index is 0.389. The van der Waals surface area contributed by atoms with Crippen molar-refractivity contribution in [2.75, 3.05) is 12.4 Å². The molecule has 0 amide bonds. The van der Waals surface area contributed by atoms with Crippen LogP contribution in [0.5, 0.6) is 0 Å². The van der Waals surface area contributed by atoms with Crippen molar-refractivity contribution in [3.63, 3.8) is 0 Å². The molecule has 0 saturated heterocycles. The minimum atomic E-state index is -1.43. The SMILES string of the molecule is CNc1cncnc1C(C)(C)F. The van der Waals surface area contributed by atoms with Crippen LogP contribution in [-0.4, -0.2) is 17.0 Å². The molecule has 0 aromatic carbocycles. The zero-order chi connectivity index (χ0) is 9.19. The number of nitrogens with one attached hydrogen (secondary N) is 1. The maximum absolute atomic E-state index is 13.4.